The SMILES string of the molecule is COc1cccc(C2c3cccn3-c3c(c(C)nn3-c3ccccc3)CN2C(=O)Nc2ccccc2F)c1. The van der Waals surface area contributed by atoms with E-state index < -0.39 is 17.9 Å². The number of hydrogen-bond acceptors (Lipinski definition) is 3. The second-order valence-electron chi connectivity index (χ2n) is 9.16. The summed E-state index contributed by atoms with van der Waals surface area (Å²) in [4.78, 5) is 15.6. The third-order valence-corrected chi connectivity index (χ3v) is 6.87. The van der Waals surface area contributed by atoms with Crippen LogP contribution >= 0.6 is 0 Å². The maximum Gasteiger partial charge on any atom is 0.323 e. The lowest BCUT2D eigenvalue weighted by atomic mass is 10.0. The molecule has 190 valence electrons. The minimum Gasteiger partial charge on any atom is -0.497 e. The molecule has 5 aromatic rings. The van der Waals surface area contributed by atoms with Gasteiger partial charge in [-0.25, -0.2) is 13.9 Å². The van der Waals surface area contributed by atoms with Crippen molar-refractivity contribution in [3.63, 3.8) is 0 Å². The van der Waals surface area contributed by atoms with Gasteiger partial charge in [-0.15, -0.1) is 0 Å². The lowest BCUT2D eigenvalue weighted by Gasteiger charge is -2.31. The second kappa shape index (κ2) is 9.55. The van der Waals surface area contributed by atoms with E-state index in [9.17, 15) is 9.18 Å². The summed E-state index contributed by atoms with van der Waals surface area (Å²) < 4.78 is 24.0. The Bertz CT molecular complexity index is 1620. The van der Waals surface area contributed by atoms with Crippen molar-refractivity contribution >= 4 is 11.7 Å². The Morgan fingerprint density at radius 2 is 1.79 bits per heavy atom. The van der Waals surface area contributed by atoms with Crippen LogP contribution in [0.3, 0.4) is 0 Å². The van der Waals surface area contributed by atoms with Crippen molar-refractivity contribution < 1.29 is 13.9 Å². The highest BCUT2D eigenvalue weighted by atomic mass is 19.1. The molecule has 6 rings (SSSR count). The highest BCUT2D eigenvalue weighted by Crippen LogP contribution is 2.39. The molecule has 38 heavy (non-hydrogen) atoms. The van der Waals surface area contributed by atoms with E-state index in [0.29, 0.717) is 5.75 Å². The summed E-state index contributed by atoms with van der Waals surface area (Å²) in [5.74, 6) is 1.05. The van der Waals surface area contributed by atoms with Crippen molar-refractivity contribution in [2.24, 2.45) is 0 Å². The number of methoxy groups -OCH3 is 1. The number of anilines is 1. The van der Waals surface area contributed by atoms with E-state index in [2.05, 4.69) is 9.88 Å². The fourth-order valence-corrected chi connectivity index (χ4v) is 5.06. The molecular weight excluding hydrogens is 481 g/mol. The number of halogens is 1. The first-order chi connectivity index (χ1) is 18.5. The number of para-hydroxylation sites is 2. The standard InChI is InChI=1S/C30H26FN5O2/c1-20-24-19-35(30(37)32-26-15-7-6-14-25(26)31)28(21-10-8-13-23(18-21)38-2)27-16-9-17-34(27)29(24)36(33-20)22-11-4-3-5-12-22/h3-18,28H,19H2,1-2H3,(H,32,37). The summed E-state index contributed by atoms with van der Waals surface area (Å²) in [6.45, 7) is 2.21. The van der Waals surface area contributed by atoms with Gasteiger partial charge in [0.05, 0.1) is 42.5 Å². The summed E-state index contributed by atoms with van der Waals surface area (Å²) in [5, 5.41) is 7.65. The quantitative estimate of drug-likeness (QED) is 0.312. The first-order valence-electron chi connectivity index (χ1n) is 12.3. The van der Waals surface area contributed by atoms with Crippen LogP contribution in [0.2, 0.25) is 0 Å². The molecule has 1 aliphatic heterocycles. The number of fused-ring (bicyclic) bond motifs is 3. The number of hydrogen-bond donors (Lipinski definition) is 1. The minimum absolute atomic E-state index is 0.124. The summed E-state index contributed by atoms with van der Waals surface area (Å²) in [6, 6.07) is 26.8. The van der Waals surface area contributed by atoms with Crippen LogP contribution < -0.4 is 10.1 Å². The summed E-state index contributed by atoms with van der Waals surface area (Å²) in [5.41, 5.74) is 4.49. The van der Waals surface area contributed by atoms with Crippen LogP contribution in [0.25, 0.3) is 11.5 Å². The number of benzene rings is 3. The van der Waals surface area contributed by atoms with Crippen molar-refractivity contribution in [3.8, 4) is 17.3 Å². The van der Waals surface area contributed by atoms with Crippen LogP contribution in [0.15, 0.2) is 97.2 Å². The molecule has 0 aliphatic carbocycles. The van der Waals surface area contributed by atoms with Gasteiger partial charge in [-0.05, 0) is 61.0 Å². The topological polar surface area (TPSA) is 64.3 Å². The van der Waals surface area contributed by atoms with Crippen LogP contribution in [0.4, 0.5) is 14.9 Å². The zero-order chi connectivity index (χ0) is 26.2. The van der Waals surface area contributed by atoms with Gasteiger partial charge in [-0.3, -0.25) is 0 Å². The Morgan fingerprint density at radius 1 is 1.00 bits per heavy atom. The Balaban J connectivity index is 1.55. The maximum atomic E-state index is 14.5. The molecule has 1 unspecified atom stereocenters. The molecule has 0 saturated carbocycles. The monoisotopic (exact) mass is 507 g/mol. The van der Waals surface area contributed by atoms with Gasteiger partial charge in [0.15, 0.2) is 0 Å². The summed E-state index contributed by atoms with van der Waals surface area (Å²) in [7, 11) is 1.62. The van der Waals surface area contributed by atoms with Gasteiger partial charge >= 0.3 is 6.03 Å². The van der Waals surface area contributed by atoms with Crippen LogP contribution in [0.5, 0.6) is 5.75 Å². The largest absolute Gasteiger partial charge is 0.497 e. The number of nitrogens with one attached hydrogen (secondary N) is 1. The van der Waals surface area contributed by atoms with E-state index >= 15 is 0 Å². The Hall–Kier alpha value is -4.85. The zero-order valence-corrected chi connectivity index (χ0v) is 21.0. The Labute approximate surface area is 219 Å². The van der Waals surface area contributed by atoms with E-state index in [1.54, 1.807) is 30.2 Å². The van der Waals surface area contributed by atoms with Gasteiger partial charge in [0.1, 0.15) is 17.4 Å². The fourth-order valence-electron chi connectivity index (χ4n) is 5.06. The smallest absolute Gasteiger partial charge is 0.323 e. The number of urea groups is 1. The van der Waals surface area contributed by atoms with Crippen LogP contribution in [0, 0.1) is 12.7 Å². The highest BCUT2D eigenvalue weighted by Gasteiger charge is 2.36. The lowest BCUT2D eigenvalue weighted by Crippen LogP contribution is -2.38. The lowest BCUT2D eigenvalue weighted by molar-refractivity contribution is 0.194. The molecule has 8 heteroatoms. The molecule has 1 N–H and O–H groups in total. The second-order valence-corrected chi connectivity index (χ2v) is 9.16. The molecule has 1 aliphatic rings. The Morgan fingerprint density at radius 3 is 2.58 bits per heavy atom. The number of rotatable bonds is 4. The highest BCUT2D eigenvalue weighted by molar-refractivity contribution is 5.90. The number of aromatic nitrogens is 3. The van der Waals surface area contributed by atoms with E-state index in [-0.39, 0.29) is 12.2 Å². The van der Waals surface area contributed by atoms with Gasteiger partial charge in [-0.1, -0.05) is 42.5 Å². The van der Waals surface area contributed by atoms with Gasteiger partial charge < -0.3 is 19.5 Å². The van der Waals surface area contributed by atoms with E-state index in [1.807, 2.05) is 84.5 Å². The van der Waals surface area contributed by atoms with E-state index in [1.165, 1.54) is 6.07 Å². The zero-order valence-electron chi connectivity index (χ0n) is 21.0. The first kappa shape index (κ1) is 23.5. The maximum absolute atomic E-state index is 14.5. The third-order valence-electron chi connectivity index (χ3n) is 6.87. The summed E-state index contributed by atoms with van der Waals surface area (Å²) in [6.07, 6.45) is 1.99. The van der Waals surface area contributed by atoms with Crippen molar-refractivity contribution in [3.05, 3.63) is 126 Å². The fraction of sp³-hybridized carbons (Fsp3) is 0.133. The summed E-state index contributed by atoms with van der Waals surface area (Å²) >= 11 is 0. The third kappa shape index (κ3) is 4.00. The van der Waals surface area contributed by atoms with E-state index in [4.69, 9.17) is 9.84 Å². The average Bonchev–Trinajstić information content (AvgIpc) is 3.50. The molecule has 0 spiro atoms. The molecule has 0 radical (unpaired) electrons. The first-order valence-corrected chi connectivity index (χ1v) is 12.3. The predicted molar refractivity (Wildman–Crippen MR) is 143 cm³/mol. The van der Waals surface area contributed by atoms with Crippen LogP contribution in [0.1, 0.15) is 28.6 Å². The minimum atomic E-state index is -0.495. The normalized spacial score (nSPS) is 14.4. The average molecular weight is 508 g/mol. The van der Waals surface area contributed by atoms with Crippen molar-refractivity contribution in [1.29, 1.82) is 0 Å². The van der Waals surface area contributed by atoms with Crippen molar-refractivity contribution in [1.82, 2.24) is 19.2 Å². The van der Waals surface area contributed by atoms with Crippen LogP contribution in [-0.2, 0) is 6.54 Å². The number of carbonyl (C=O) groups is 1. The van der Waals surface area contributed by atoms with Gasteiger partial charge in [0.2, 0.25) is 0 Å². The molecule has 3 aromatic carbocycles. The number of ether oxygens (including phenoxy) is 1. The molecule has 0 saturated heterocycles. The Kier molecular flexibility index (Phi) is 5.92. The number of nitrogens with zero attached hydrogens (tertiary/aromatic N) is 4. The van der Waals surface area contributed by atoms with Crippen molar-refractivity contribution in [2.75, 3.05) is 12.4 Å². The molecule has 1 atom stereocenters. The number of amides is 2. The predicted octanol–water partition coefficient (Wildman–Crippen LogP) is 6.26. The molecule has 0 fully saturated rings. The van der Waals surface area contributed by atoms with Gasteiger partial charge in [-0.2, -0.15) is 5.10 Å². The van der Waals surface area contributed by atoms with Gasteiger partial charge in [0.25, 0.3) is 0 Å². The molecule has 0 bridgehead atoms. The van der Waals surface area contributed by atoms with Crippen LogP contribution in [-0.4, -0.2) is 32.4 Å². The molecule has 2 amide bonds. The number of carbonyl (C=O) groups excluding carboxylic acids is 1. The molecular formula is C30H26FN5O2. The molecule has 3 heterocycles. The number of aryl methyl sites for hydroxylation is 1. The van der Waals surface area contributed by atoms with E-state index in [0.717, 1.165) is 34.0 Å². The molecule has 7 nitrogen and oxygen atoms in total. The van der Waals surface area contributed by atoms with Crippen molar-refractivity contribution in [2.45, 2.75) is 19.5 Å². The van der Waals surface area contributed by atoms with Gasteiger partial charge in [0, 0.05) is 11.8 Å². The molecule has 2 aromatic heterocycles.